The first-order chi connectivity index (χ1) is 11.8. The molecule has 1 aromatic carbocycles. The molecule has 0 saturated carbocycles. The highest BCUT2D eigenvalue weighted by molar-refractivity contribution is 6.53. The lowest BCUT2D eigenvalue weighted by molar-refractivity contribution is -0.110. The average Bonchev–Trinajstić information content (AvgIpc) is 2.82. The fourth-order valence-corrected chi connectivity index (χ4v) is 2.63. The molecule has 2 amide bonds. The first-order valence-corrected chi connectivity index (χ1v) is 8.81. The Bertz CT molecular complexity index is 675. The third-order valence-electron chi connectivity index (χ3n) is 3.78. The summed E-state index contributed by atoms with van der Waals surface area (Å²) < 4.78 is 5.12. The summed E-state index contributed by atoms with van der Waals surface area (Å²) in [5.41, 5.74) is 4.48. The fourth-order valence-electron chi connectivity index (χ4n) is 2.63. The average molecular weight is 345 g/mol. The second-order valence-electron chi connectivity index (χ2n) is 7.22. The second-order valence-corrected chi connectivity index (χ2v) is 7.22. The highest BCUT2D eigenvalue weighted by Crippen LogP contribution is 2.25. The molecular weight excluding hydrogens is 318 g/mol. The molecule has 0 saturated heterocycles. The number of benzene rings is 1. The number of unbranched alkanes of at least 4 members (excludes halogenated alkanes) is 3. The van der Waals surface area contributed by atoms with E-state index in [9.17, 15) is 9.59 Å². The van der Waals surface area contributed by atoms with Crippen LogP contribution >= 0.6 is 0 Å². The van der Waals surface area contributed by atoms with Crippen molar-refractivity contribution in [3.63, 3.8) is 0 Å². The van der Waals surface area contributed by atoms with E-state index in [2.05, 4.69) is 22.8 Å². The van der Waals surface area contributed by atoms with E-state index in [1.807, 2.05) is 18.2 Å². The van der Waals surface area contributed by atoms with Gasteiger partial charge in [0.05, 0.1) is 5.69 Å². The molecule has 1 aromatic rings. The van der Waals surface area contributed by atoms with E-state index in [0.29, 0.717) is 5.56 Å². The minimum Gasteiger partial charge on any atom is -0.443 e. The molecule has 136 valence electrons. The smallest absolute Gasteiger partial charge is 0.428 e. The number of ether oxygens (including phenoxy) is 1. The summed E-state index contributed by atoms with van der Waals surface area (Å²) >= 11 is 0. The summed E-state index contributed by atoms with van der Waals surface area (Å²) in [6.45, 7) is 7.48. The monoisotopic (exact) mass is 345 g/mol. The van der Waals surface area contributed by atoms with Crippen molar-refractivity contribution >= 4 is 23.4 Å². The summed E-state index contributed by atoms with van der Waals surface area (Å²) in [6, 6.07) is 5.86. The molecule has 1 aliphatic rings. The van der Waals surface area contributed by atoms with Crippen LogP contribution in [0.1, 0.15) is 64.5 Å². The van der Waals surface area contributed by atoms with Gasteiger partial charge in [-0.2, -0.15) is 5.10 Å². The molecule has 0 fully saturated rings. The van der Waals surface area contributed by atoms with Crippen molar-refractivity contribution in [2.24, 2.45) is 5.10 Å². The molecule has 6 nitrogen and oxygen atoms in total. The summed E-state index contributed by atoms with van der Waals surface area (Å²) in [5, 5.41) is 6.73. The molecule has 6 heteroatoms. The Balaban J connectivity index is 2.03. The Morgan fingerprint density at radius 3 is 2.68 bits per heavy atom. The minimum atomic E-state index is -0.686. The Labute approximate surface area is 149 Å². The number of nitrogens with one attached hydrogen (secondary N) is 2. The molecule has 1 heterocycles. The molecule has 1 aliphatic heterocycles. The van der Waals surface area contributed by atoms with E-state index in [4.69, 9.17) is 4.74 Å². The Kier molecular flexibility index (Phi) is 6.17. The van der Waals surface area contributed by atoms with Crippen molar-refractivity contribution in [3.05, 3.63) is 29.3 Å². The topological polar surface area (TPSA) is 79.8 Å². The van der Waals surface area contributed by atoms with Gasteiger partial charge in [-0.3, -0.25) is 4.79 Å². The van der Waals surface area contributed by atoms with Gasteiger partial charge in [-0.25, -0.2) is 10.2 Å². The second kappa shape index (κ2) is 8.14. The maximum absolute atomic E-state index is 12.1. The van der Waals surface area contributed by atoms with Crippen LogP contribution in [-0.4, -0.2) is 23.3 Å². The lowest BCUT2D eigenvalue weighted by Crippen LogP contribution is -2.31. The van der Waals surface area contributed by atoms with Crippen LogP contribution < -0.4 is 10.7 Å². The van der Waals surface area contributed by atoms with Crippen molar-refractivity contribution in [2.75, 3.05) is 5.32 Å². The van der Waals surface area contributed by atoms with Crippen LogP contribution in [0.5, 0.6) is 0 Å². The lowest BCUT2D eigenvalue weighted by atomic mass is 10.0. The molecule has 0 radical (unpaired) electrons. The quantitative estimate of drug-likeness (QED) is 0.604. The van der Waals surface area contributed by atoms with Gasteiger partial charge in [0.1, 0.15) is 5.60 Å². The number of rotatable bonds is 6. The van der Waals surface area contributed by atoms with E-state index in [0.717, 1.165) is 18.5 Å². The molecule has 25 heavy (non-hydrogen) atoms. The van der Waals surface area contributed by atoms with Crippen molar-refractivity contribution < 1.29 is 14.3 Å². The van der Waals surface area contributed by atoms with Gasteiger partial charge in [-0.1, -0.05) is 38.3 Å². The van der Waals surface area contributed by atoms with E-state index >= 15 is 0 Å². The number of carbonyl (C=O) groups is 2. The van der Waals surface area contributed by atoms with E-state index in [1.165, 1.54) is 24.8 Å². The normalized spacial score (nSPS) is 15.0. The number of hydrogen-bond acceptors (Lipinski definition) is 4. The molecule has 0 bridgehead atoms. The van der Waals surface area contributed by atoms with Gasteiger partial charge in [-0.15, -0.1) is 0 Å². The van der Waals surface area contributed by atoms with Crippen LogP contribution in [0, 0.1) is 0 Å². The number of amides is 2. The first-order valence-electron chi connectivity index (χ1n) is 8.81. The Morgan fingerprint density at radius 1 is 1.24 bits per heavy atom. The van der Waals surface area contributed by atoms with Crippen molar-refractivity contribution in [3.8, 4) is 0 Å². The van der Waals surface area contributed by atoms with Crippen LogP contribution in [0.3, 0.4) is 0 Å². The van der Waals surface area contributed by atoms with Crippen LogP contribution in [0.25, 0.3) is 0 Å². The number of nitrogens with zero attached hydrogens (tertiary/aromatic N) is 1. The summed E-state index contributed by atoms with van der Waals surface area (Å²) in [6.07, 6.45) is 5.12. The van der Waals surface area contributed by atoms with E-state index in [1.54, 1.807) is 20.8 Å². The molecule has 0 aliphatic carbocycles. The molecule has 0 spiro atoms. The third kappa shape index (κ3) is 5.59. The fraction of sp³-hybridized carbons (Fsp3) is 0.526. The van der Waals surface area contributed by atoms with Gasteiger partial charge < -0.3 is 10.1 Å². The van der Waals surface area contributed by atoms with Crippen LogP contribution in [-0.2, 0) is 16.0 Å². The van der Waals surface area contributed by atoms with Crippen LogP contribution in [0.15, 0.2) is 23.3 Å². The highest BCUT2D eigenvalue weighted by atomic mass is 16.6. The molecule has 0 atom stereocenters. The molecule has 2 rings (SSSR count). The Morgan fingerprint density at radius 2 is 2.00 bits per heavy atom. The predicted molar refractivity (Wildman–Crippen MR) is 98.8 cm³/mol. The largest absolute Gasteiger partial charge is 0.443 e. The van der Waals surface area contributed by atoms with Crippen molar-refractivity contribution in [1.82, 2.24) is 5.43 Å². The predicted octanol–water partition coefficient (Wildman–Crippen LogP) is 3.99. The summed E-state index contributed by atoms with van der Waals surface area (Å²) in [7, 11) is 0. The molecule has 0 unspecified atom stereocenters. The van der Waals surface area contributed by atoms with Crippen molar-refractivity contribution in [2.45, 2.75) is 65.4 Å². The SMILES string of the molecule is CCCCCCc1ccc2c(c1)NC(=O)C2=NNC(=O)OC(C)(C)C. The number of hydrogen-bond donors (Lipinski definition) is 2. The van der Waals surface area contributed by atoms with Gasteiger partial charge in [0.2, 0.25) is 0 Å². The summed E-state index contributed by atoms with van der Waals surface area (Å²) in [5.74, 6) is -0.325. The number of aryl methyl sites for hydroxylation is 1. The standard InChI is InChI=1S/C19H27N3O3/c1-5-6-7-8-9-13-10-11-14-15(12-13)20-17(23)16(14)21-22-18(24)25-19(2,3)4/h10-12H,5-9H2,1-4H3,(H,22,24)(H,20,21,23). The highest BCUT2D eigenvalue weighted by Gasteiger charge is 2.27. The maximum atomic E-state index is 12.1. The molecular formula is C19H27N3O3. The number of hydrazone groups is 1. The summed E-state index contributed by atoms with van der Waals surface area (Å²) in [4.78, 5) is 23.8. The maximum Gasteiger partial charge on any atom is 0.428 e. The van der Waals surface area contributed by atoms with E-state index < -0.39 is 11.7 Å². The van der Waals surface area contributed by atoms with Gasteiger partial charge in [-0.05, 0) is 45.2 Å². The molecule has 0 aromatic heterocycles. The lowest BCUT2D eigenvalue weighted by Gasteiger charge is -2.18. The van der Waals surface area contributed by atoms with Crippen LogP contribution in [0.2, 0.25) is 0 Å². The first kappa shape index (κ1) is 19.0. The number of anilines is 1. The number of fused-ring (bicyclic) bond motifs is 1. The zero-order chi connectivity index (χ0) is 18.4. The van der Waals surface area contributed by atoms with Gasteiger partial charge in [0.25, 0.3) is 5.91 Å². The van der Waals surface area contributed by atoms with Gasteiger partial charge in [0.15, 0.2) is 5.71 Å². The van der Waals surface area contributed by atoms with Gasteiger partial charge in [0, 0.05) is 5.56 Å². The van der Waals surface area contributed by atoms with Gasteiger partial charge >= 0.3 is 6.09 Å². The zero-order valence-electron chi connectivity index (χ0n) is 15.4. The minimum absolute atomic E-state index is 0.193. The van der Waals surface area contributed by atoms with Crippen LogP contribution in [0.4, 0.5) is 10.5 Å². The Hall–Kier alpha value is -2.37. The zero-order valence-corrected chi connectivity index (χ0v) is 15.4. The molecule has 2 N–H and O–H groups in total. The number of carbonyl (C=O) groups excluding carboxylic acids is 2. The van der Waals surface area contributed by atoms with E-state index in [-0.39, 0.29) is 11.6 Å². The van der Waals surface area contributed by atoms with Crippen molar-refractivity contribution in [1.29, 1.82) is 0 Å². The third-order valence-corrected chi connectivity index (χ3v) is 3.78.